The molecule has 152 valence electrons. The van der Waals surface area contributed by atoms with E-state index in [4.69, 9.17) is 21.1 Å². The highest BCUT2D eigenvalue weighted by molar-refractivity contribution is 8.01. The van der Waals surface area contributed by atoms with Crippen LogP contribution >= 0.6 is 34.7 Å². The van der Waals surface area contributed by atoms with Crippen LogP contribution in [0.1, 0.15) is 5.56 Å². The summed E-state index contributed by atoms with van der Waals surface area (Å²) in [5.41, 5.74) is 2.60. The van der Waals surface area contributed by atoms with Gasteiger partial charge >= 0.3 is 0 Å². The maximum Gasteiger partial charge on any atom is 0.234 e. The number of hydrogen-bond donors (Lipinski definition) is 2. The van der Waals surface area contributed by atoms with Crippen molar-refractivity contribution in [3.8, 4) is 11.5 Å². The molecule has 3 rings (SSSR count). The van der Waals surface area contributed by atoms with E-state index in [9.17, 15) is 4.79 Å². The first-order chi connectivity index (χ1) is 14.0. The number of rotatable bonds is 8. The molecule has 0 aliphatic carbocycles. The lowest BCUT2D eigenvalue weighted by Gasteiger charge is -2.12. The molecule has 3 aromatic rings. The zero-order chi connectivity index (χ0) is 20.8. The summed E-state index contributed by atoms with van der Waals surface area (Å²) in [4.78, 5) is 12.3. The first-order valence-electron chi connectivity index (χ1n) is 8.50. The van der Waals surface area contributed by atoms with Gasteiger partial charge in [0, 0.05) is 17.8 Å². The zero-order valence-corrected chi connectivity index (χ0v) is 18.4. The number of methoxy groups -OCH3 is 2. The van der Waals surface area contributed by atoms with Crippen LogP contribution in [0.5, 0.6) is 11.5 Å². The van der Waals surface area contributed by atoms with Crippen molar-refractivity contribution in [3.05, 3.63) is 47.0 Å². The van der Waals surface area contributed by atoms with E-state index in [-0.39, 0.29) is 11.7 Å². The lowest BCUT2D eigenvalue weighted by molar-refractivity contribution is -0.113. The molecule has 1 heterocycles. The van der Waals surface area contributed by atoms with E-state index in [1.165, 1.54) is 42.9 Å². The number of halogens is 1. The van der Waals surface area contributed by atoms with Crippen molar-refractivity contribution < 1.29 is 14.3 Å². The molecule has 0 bridgehead atoms. The van der Waals surface area contributed by atoms with Crippen LogP contribution in [0.25, 0.3) is 0 Å². The third-order valence-electron chi connectivity index (χ3n) is 3.78. The molecule has 0 atom stereocenters. The van der Waals surface area contributed by atoms with Gasteiger partial charge in [-0.2, -0.15) is 0 Å². The fourth-order valence-electron chi connectivity index (χ4n) is 2.35. The third-order valence-corrected chi connectivity index (χ3v) is 6.05. The maximum absolute atomic E-state index is 12.3. The van der Waals surface area contributed by atoms with E-state index in [0.29, 0.717) is 31.7 Å². The molecule has 0 aliphatic rings. The number of amides is 1. The number of aryl methyl sites for hydroxylation is 1. The van der Waals surface area contributed by atoms with Crippen LogP contribution in [0.3, 0.4) is 0 Å². The van der Waals surface area contributed by atoms with Crippen LogP contribution in [0, 0.1) is 6.92 Å². The van der Waals surface area contributed by atoms with E-state index in [0.717, 1.165) is 5.69 Å². The molecule has 0 radical (unpaired) electrons. The fourth-order valence-corrected chi connectivity index (χ4v) is 4.15. The monoisotopic (exact) mass is 450 g/mol. The van der Waals surface area contributed by atoms with Crippen LogP contribution in [0.4, 0.5) is 16.5 Å². The van der Waals surface area contributed by atoms with Crippen molar-refractivity contribution in [2.45, 2.75) is 11.3 Å². The van der Waals surface area contributed by atoms with E-state index < -0.39 is 0 Å². The highest BCUT2D eigenvalue weighted by Gasteiger charge is 2.14. The first kappa shape index (κ1) is 21.2. The molecule has 0 unspecified atom stereocenters. The van der Waals surface area contributed by atoms with Crippen LogP contribution in [-0.2, 0) is 4.79 Å². The molecule has 0 spiro atoms. The standard InChI is InChI=1S/C19H19ClN4O3S2/c1-11-4-6-12(7-5-11)21-18-23-24-19(29-18)28-10-17(25)22-14-9-15(26-2)13(20)8-16(14)27-3/h4-9H,10H2,1-3H3,(H,21,23)(H,22,25). The Balaban J connectivity index is 1.57. The van der Waals surface area contributed by atoms with Crippen molar-refractivity contribution in [1.29, 1.82) is 0 Å². The van der Waals surface area contributed by atoms with Gasteiger partial charge in [-0.05, 0) is 19.1 Å². The smallest absolute Gasteiger partial charge is 0.234 e. The van der Waals surface area contributed by atoms with E-state index in [1.54, 1.807) is 12.1 Å². The molecule has 0 saturated heterocycles. The Morgan fingerprint density at radius 2 is 1.86 bits per heavy atom. The predicted octanol–water partition coefficient (Wildman–Crippen LogP) is 4.99. The summed E-state index contributed by atoms with van der Waals surface area (Å²) in [6, 6.07) is 11.2. The second-order valence-electron chi connectivity index (χ2n) is 5.89. The predicted molar refractivity (Wildman–Crippen MR) is 118 cm³/mol. The molecule has 1 aromatic heterocycles. The normalized spacial score (nSPS) is 10.5. The Hall–Kier alpha value is -2.49. The summed E-state index contributed by atoms with van der Waals surface area (Å²) in [5.74, 6) is 0.870. The Labute approximate surface area is 181 Å². The summed E-state index contributed by atoms with van der Waals surface area (Å²) < 4.78 is 11.1. The second kappa shape index (κ2) is 9.82. The minimum Gasteiger partial charge on any atom is -0.495 e. The molecule has 2 N–H and O–H groups in total. The number of thioether (sulfide) groups is 1. The molecule has 1 amide bonds. The summed E-state index contributed by atoms with van der Waals surface area (Å²) in [7, 11) is 3.01. The molecular weight excluding hydrogens is 432 g/mol. The van der Waals surface area contributed by atoms with Gasteiger partial charge < -0.3 is 20.1 Å². The van der Waals surface area contributed by atoms with Gasteiger partial charge in [-0.3, -0.25) is 4.79 Å². The summed E-state index contributed by atoms with van der Waals surface area (Å²) in [6.07, 6.45) is 0. The Morgan fingerprint density at radius 1 is 1.14 bits per heavy atom. The van der Waals surface area contributed by atoms with Crippen LogP contribution in [0.2, 0.25) is 5.02 Å². The summed E-state index contributed by atoms with van der Waals surface area (Å²) in [5, 5.41) is 15.3. The highest BCUT2D eigenvalue weighted by Crippen LogP contribution is 2.36. The van der Waals surface area contributed by atoms with Gasteiger partial charge in [0.25, 0.3) is 0 Å². The van der Waals surface area contributed by atoms with E-state index in [1.807, 2.05) is 31.2 Å². The lowest BCUT2D eigenvalue weighted by atomic mass is 10.2. The van der Waals surface area contributed by atoms with Crippen molar-refractivity contribution in [2.75, 3.05) is 30.6 Å². The van der Waals surface area contributed by atoms with Gasteiger partial charge in [0.15, 0.2) is 4.34 Å². The Bertz CT molecular complexity index is 996. The Morgan fingerprint density at radius 3 is 2.55 bits per heavy atom. The number of ether oxygens (including phenoxy) is 2. The van der Waals surface area contributed by atoms with Gasteiger partial charge in [0.05, 0.1) is 30.7 Å². The molecule has 0 saturated carbocycles. The SMILES string of the molecule is COc1cc(NC(=O)CSc2nnc(Nc3ccc(C)cc3)s2)c(OC)cc1Cl. The van der Waals surface area contributed by atoms with Gasteiger partial charge in [-0.1, -0.05) is 52.4 Å². The van der Waals surface area contributed by atoms with E-state index >= 15 is 0 Å². The lowest BCUT2D eigenvalue weighted by Crippen LogP contribution is -2.14. The fraction of sp³-hybridized carbons (Fsp3) is 0.211. The largest absolute Gasteiger partial charge is 0.495 e. The van der Waals surface area contributed by atoms with Gasteiger partial charge in [0.2, 0.25) is 11.0 Å². The number of carbonyl (C=O) groups excluding carboxylic acids is 1. The number of benzene rings is 2. The molecule has 2 aromatic carbocycles. The van der Waals surface area contributed by atoms with Crippen molar-refractivity contribution >= 4 is 57.1 Å². The number of anilines is 3. The highest BCUT2D eigenvalue weighted by atomic mass is 35.5. The summed E-state index contributed by atoms with van der Waals surface area (Å²) in [6.45, 7) is 2.03. The molecule has 7 nitrogen and oxygen atoms in total. The minimum atomic E-state index is -0.207. The molecule has 29 heavy (non-hydrogen) atoms. The molecule has 0 aliphatic heterocycles. The second-order valence-corrected chi connectivity index (χ2v) is 8.50. The van der Waals surface area contributed by atoms with Crippen molar-refractivity contribution in [2.24, 2.45) is 0 Å². The average molecular weight is 451 g/mol. The number of aromatic nitrogens is 2. The first-order valence-corrected chi connectivity index (χ1v) is 10.7. The zero-order valence-electron chi connectivity index (χ0n) is 16.0. The van der Waals surface area contributed by atoms with Crippen molar-refractivity contribution in [1.82, 2.24) is 10.2 Å². The van der Waals surface area contributed by atoms with Crippen LogP contribution in [-0.4, -0.2) is 36.1 Å². The number of nitrogens with zero attached hydrogens (tertiary/aromatic N) is 2. The molecular formula is C19H19ClN4O3S2. The quantitative estimate of drug-likeness (QED) is 0.467. The summed E-state index contributed by atoms with van der Waals surface area (Å²) >= 11 is 8.77. The van der Waals surface area contributed by atoms with Crippen molar-refractivity contribution in [3.63, 3.8) is 0 Å². The minimum absolute atomic E-state index is 0.174. The number of hydrogen-bond acceptors (Lipinski definition) is 8. The maximum atomic E-state index is 12.3. The average Bonchev–Trinajstić information content (AvgIpc) is 3.16. The molecule has 0 fully saturated rings. The van der Waals surface area contributed by atoms with Gasteiger partial charge in [-0.15, -0.1) is 10.2 Å². The Kier molecular flexibility index (Phi) is 7.18. The molecule has 10 heteroatoms. The van der Waals surface area contributed by atoms with E-state index in [2.05, 4.69) is 20.8 Å². The number of carbonyl (C=O) groups is 1. The van der Waals surface area contributed by atoms with Crippen LogP contribution in [0.15, 0.2) is 40.7 Å². The number of nitrogens with one attached hydrogen (secondary N) is 2. The third kappa shape index (κ3) is 5.75. The van der Waals surface area contributed by atoms with Gasteiger partial charge in [0.1, 0.15) is 11.5 Å². The van der Waals surface area contributed by atoms with Gasteiger partial charge in [-0.25, -0.2) is 0 Å². The van der Waals surface area contributed by atoms with Crippen LogP contribution < -0.4 is 20.1 Å². The topological polar surface area (TPSA) is 85.4 Å².